The van der Waals surface area contributed by atoms with Crippen molar-refractivity contribution in [2.45, 2.75) is 33.3 Å². The van der Waals surface area contributed by atoms with Crippen LogP contribution in [0.2, 0.25) is 0 Å². The van der Waals surface area contributed by atoms with Gasteiger partial charge in [-0.15, -0.1) is 0 Å². The third kappa shape index (κ3) is 3.61. The van der Waals surface area contributed by atoms with Crippen LogP contribution < -0.4 is 4.74 Å². The molecule has 106 valence electrons. The summed E-state index contributed by atoms with van der Waals surface area (Å²) in [5, 5.41) is 10.3. The molecular formula is C18H22O2. The van der Waals surface area contributed by atoms with Crippen molar-refractivity contribution in [2.24, 2.45) is 0 Å². The van der Waals surface area contributed by atoms with Crippen LogP contribution in [0.3, 0.4) is 0 Å². The highest BCUT2D eigenvalue weighted by atomic mass is 16.5. The highest BCUT2D eigenvalue weighted by molar-refractivity contribution is 5.34. The second-order valence-corrected chi connectivity index (χ2v) is 5.26. The van der Waals surface area contributed by atoms with Crippen molar-refractivity contribution in [1.82, 2.24) is 0 Å². The van der Waals surface area contributed by atoms with Gasteiger partial charge in [0.2, 0.25) is 0 Å². The Morgan fingerprint density at radius 3 is 2.55 bits per heavy atom. The third-order valence-corrected chi connectivity index (χ3v) is 3.66. The Bertz CT molecular complexity index is 575. The average Bonchev–Trinajstić information content (AvgIpc) is 2.42. The number of ether oxygens (including phenoxy) is 1. The van der Waals surface area contributed by atoms with Crippen LogP contribution in [0.1, 0.15) is 34.8 Å². The van der Waals surface area contributed by atoms with Crippen molar-refractivity contribution in [1.29, 1.82) is 0 Å². The second kappa shape index (κ2) is 6.58. The van der Waals surface area contributed by atoms with Gasteiger partial charge in [0.15, 0.2) is 0 Å². The van der Waals surface area contributed by atoms with Crippen LogP contribution in [0.25, 0.3) is 0 Å². The molecule has 0 bridgehead atoms. The number of aryl methyl sites for hydroxylation is 2. The number of rotatable bonds is 5. The van der Waals surface area contributed by atoms with Crippen LogP contribution in [0, 0.1) is 20.8 Å². The molecule has 20 heavy (non-hydrogen) atoms. The van der Waals surface area contributed by atoms with E-state index in [0.29, 0.717) is 13.0 Å². The Morgan fingerprint density at radius 1 is 1.05 bits per heavy atom. The summed E-state index contributed by atoms with van der Waals surface area (Å²) >= 11 is 0. The Labute approximate surface area is 121 Å². The number of hydrogen-bond donors (Lipinski definition) is 1. The number of hydrogen-bond acceptors (Lipinski definition) is 2. The van der Waals surface area contributed by atoms with E-state index in [1.807, 2.05) is 43.3 Å². The van der Waals surface area contributed by atoms with E-state index < -0.39 is 6.10 Å². The fraction of sp³-hybridized carbons (Fsp3) is 0.333. The van der Waals surface area contributed by atoms with Gasteiger partial charge in [0.25, 0.3) is 0 Å². The molecule has 0 amide bonds. The summed E-state index contributed by atoms with van der Waals surface area (Å²) in [6.07, 6.45) is 0.123. The lowest BCUT2D eigenvalue weighted by molar-refractivity contribution is 0.140. The van der Waals surface area contributed by atoms with Gasteiger partial charge in [0.05, 0.1) is 12.7 Å². The van der Waals surface area contributed by atoms with Crippen molar-refractivity contribution in [3.05, 3.63) is 64.7 Å². The van der Waals surface area contributed by atoms with Gasteiger partial charge < -0.3 is 9.84 Å². The molecule has 0 aliphatic rings. The van der Waals surface area contributed by atoms with Crippen molar-refractivity contribution >= 4 is 0 Å². The SMILES string of the molecule is Cc1cccc(OCCC(O)c2cccc(C)c2C)c1. The first-order valence-corrected chi connectivity index (χ1v) is 7.01. The fourth-order valence-corrected chi connectivity index (χ4v) is 2.28. The van der Waals surface area contributed by atoms with E-state index in [1.165, 1.54) is 11.1 Å². The first-order chi connectivity index (χ1) is 9.58. The highest BCUT2D eigenvalue weighted by Crippen LogP contribution is 2.23. The average molecular weight is 270 g/mol. The van der Waals surface area contributed by atoms with Gasteiger partial charge in [-0.2, -0.15) is 0 Å². The second-order valence-electron chi connectivity index (χ2n) is 5.26. The van der Waals surface area contributed by atoms with Crippen molar-refractivity contribution < 1.29 is 9.84 Å². The van der Waals surface area contributed by atoms with E-state index in [9.17, 15) is 5.11 Å². The van der Waals surface area contributed by atoms with E-state index >= 15 is 0 Å². The molecule has 2 rings (SSSR count). The molecule has 1 N–H and O–H groups in total. The molecule has 0 aliphatic heterocycles. The molecule has 0 heterocycles. The molecule has 0 radical (unpaired) electrons. The zero-order chi connectivity index (χ0) is 14.5. The fourth-order valence-electron chi connectivity index (χ4n) is 2.28. The van der Waals surface area contributed by atoms with Crippen molar-refractivity contribution in [3.8, 4) is 5.75 Å². The van der Waals surface area contributed by atoms with E-state index in [-0.39, 0.29) is 0 Å². The number of benzene rings is 2. The smallest absolute Gasteiger partial charge is 0.119 e. The quantitative estimate of drug-likeness (QED) is 0.885. The van der Waals surface area contributed by atoms with Crippen molar-refractivity contribution in [2.75, 3.05) is 6.61 Å². The Hall–Kier alpha value is -1.80. The lowest BCUT2D eigenvalue weighted by Crippen LogP contribution is -2.07. The minimum Gasteiger partial charge on any atom is -0.493 e. The maximum absolute atomic E-state index is 10.3. The maximum atomic E-state index is 10.3. The lowest BCUT2D eigenvalue weighted by atomic mass is 9.98. The Kier molecular flexibility index (Phi) is 4.80. The number of aliphatic hydroxyl groups is 1. The van der Waals surface area contributed by atoms with Gasteiger partial charge in [-0.05, 0) is 55.2 Å². The summed E-state index contributed by atoms with van der Waals surface area (Å²) in [5.41, 5.74) is 4.55. The summed E-state index contributed by atoms with van der Waals surface area (Å²) in [5.74, 6) is 0.859. The van der Waals surface area contributed by atoms with Gasteiger partial charge in [0.1, 0.15) is 5.75 Å². The monoisotopic (exact) mass is 270 g/mol. The largest absolute Gasteiger partial charge is 0.493 e. The van der Waals surface area contributed by atoms with Crippen molar-refractivity contribution in [3.63, 3.8) is 0 Å². The van der Waals surface area contributed by atoms with Crippen LogP contribution in [-0.2, 0) is 0 Å². The first-order valence-electron chi connectivity index (χ1n) is 7.01. The summed E-state index contributed by atoms with van der Waals surface area (Å²) in [7, 11) is 0. The predicted molar refractivity (Wildman–Crippen MR) is 82.2 cm³/mol. The molecule has 0 saturated carbocycles. The normalized spacial score (nSPS) is 12.2. The van der Waals surface area contributed by atoms with Gasteiger partial charge in [-0.25, -0.2) is 0 Å². The molecule has 0 spiro atoms. The van der Waals surface area contributed by atoms with Crippen LogP contribution in [0.5, 0.6) is 5.75 Å². The van der Waals surface area contributed by atoms with Gasteiger partial charge in [0, 0.05) is 6.42 Å². The zero-order valence-electron chi connectivity index (χ0n) is 12.4. The minimum atomic E-state index is -0.472. The molecule has 0 aliphatic carbocycles. The summed E-state index contributed by atoms with van der Waals surface area (Å²) < 4.78 is 5.69. The van der Waals surface area contributed by atoms with Gasteiger partial charge >= 0.3 is 0 Å². The van der Waals surface area contributed by atoms with Crippen LogP contribution in [0.4, 0.5) is 0 Å². The first kappa shape index (κ1) is 14.6. The summed E-state index contributed by atoms with van der Waals surface area (Å²) in [6.45, 7) is 6.67. The van der Waals surface area contributed by atoms with Crippen LogP contribution in [-0.4, -0.2) is 11.7 Å². The Morgan fingerprint density at radius 2 is 1.80 bits per heavy atom. The van der Waals surface area contributed by atoms with Crippen LogP contribution >= 0.6 is 0 Å². The summed E-state index contributed by atoms with van der Waals surface area (Å²) in [4.78, 5) is 0. The highest BCUT2D eigenvalue weighted by Gasteiger charge is 2.11. The van der Waals surface area contributed by atoms with E-state index in [2.05, 4.69) is 19.9 Å². The molecule has 2 aromatic rings. The van der Waals surface area contributed by atoms with Gasteiger partial charge in [-0.1, -0.05) is 30.3 Å². The molecule has 1 unspecified atom stereocenters. The van der Waals surface area contributed by atoms with Gasteiger partial charge in [-0.3, -0.25) is 0 Å². The molecule has 2 aromatic carbocycles. The Balaban J connectivity index is 1.92. The molecule has 1 atom stereocenters. The molecular weight excluding hydrogens is 248 g/mol. The molecule has 2 nitrogen and oxygen atoms in total. The van der Waals surface area contributed by atoms with E-state index in [4.69, 9.17) is 4.74 Å². The molecule has 0 fully saturated rings. The van der Waals surface area contributed by atoms with E-state index in [0.717, 1.165) is 16.9 Å². The standard InChI is InChI=1S/C18H22O2/c1-13-6-4-8-16(12-13)20-11-10-18(19)17-9-5-7-14(2)15(17)3/h4-9,12,18-19H,10-11H2,1-3H3. The van der Waals surface area contributed by atoms with E-state index in [1.54, 1.807) is 0 Å². The zero-order valence-corrected chi connectivity index (χ0v) is 12.4. The molecule has 0 saturated heterocycles. The number of aliphatic hydroxyl groups excluding tert-OH is 1. The third-order valence-electron chi connectivity index (χ3n) is 3.66. The summed E-state index contributed by atoms with van der Waals surface area (Å²) in [6, 6.07) is 14.0. The maximum Gasteiger partial charge on any atom is 0.119 e. The topological polar surface area (TPSA) is 29.5 Å². The molecule has 2 heteroatoms. The molecule has 0 aromatic heterocycles. The minimum absolute atomic E-state index is 0.472. The lowest BCUT2D eigenvalue weighted by Gasteiger charge is -2.15. The van der Waals surface area contributed by atoms with Crippen LogP contribution in [0.15, 0.2) is 42.5 Å². The predicted octanol–water partition coefficient (Wildman–Crippen LogP) is 4.11.